The summed E-state index contributed by atoms with van der Waals surface area (Å²) in [7, 11) is 3.09. The van der Waals surface area contributed by atoms with Crippen molar-refractivity contribution >= 4 is 11.6 Å². The molecule has 0 saturated carbocycles. The lowest BCUT2D eigenvalue weighted by Gasteiger charge is -2.11. The molecule has 0 aliphatic carbocycles. The van der Waals surface area contributed by atoms with E-state index in [-0.39, 0.29) is 18.0 Å². The van der Waals surface area contributed by atoms with Gasteiger partial charge in [0.1, 0.15) is 23.1 Å². The summed E-state index contributed by atoms with van der Waals surface area (Å²) in [5.74, 6) is -0.520. The lowest BCUT2D eigenvalue weighted by molar-refractivity contribution is -0.116. The van der Waals surface area contributed by atoms with E-state index in [1.807, 2.05) is 0 Å². The molecule has 0 heterocycles. The Labute approximate surface area is 133 Å². The van der Waals surface area contributed by atoms with E-state index in [0.29, 0.717) is 17.9 Å². The van der Waals surface area contributed by atoms with Crippen molar-refractivity contribution in [2.24, 2.45) is 0 Å². The number of amides is 1. The smallest absolute Gasteiger partial charge is 0.224 e. The lowest BCUT2D eigenvalue weighted by Crippen LogP contribution is -2.13. The Hall–Kier alpha value is -2.63. The maximum atomic E-state index is 13.1. The summed E-state index contributed by atoms with van der Waals surface area (Å²) in [6.45, 7) is 0. The fourth-order valence-electron chi connectivity index (χ4n) is 2.17. The standard InChI is InChI=1S/C17H17F2NO3/c1-22-15-4-5-16(23-2)11(7-15)3-6-17(21)20-14-9-12(18)8-13(19)10-14/h4-5,7-10H,3,6H2,1-2H3,(H,20,21). The highest BCUT2D eigenvalue weighted by Crippen LogP contribution is 2.25. The summed E-state index contributed by atoms with van der Waals surface area (Å²) in [5.41, 5.74) is 0.900. The quantitative estimate of drug-likeness (QED) is 0.885. The van der Waals surface area contributed by atoms with Gasteiger partial charge in [-0.15, -0.1) is 0 Å². The number of hydrogen-bond acceptors (Lipinski definition) is 3. The second-order valence-electron chi connectivity index (χ2n) is 4.88. The van der Waals surface area contributed by atoms with E-state index in [9.17, 15) is 13.6 Å². The van der Waals surface area contributed by atoms with E-state index in [1.54, 1.807) is 32.4 Å². The van der Waals surface area contributed by atoms with Gasteiger partial charge in [-0.05, 0) is 42.3 Å². The molecule has 0 radical (unpaired) electrons. The molecular formula is C17H17F2NO3. The number of ether oxygens (including phenoxy) is 2. The topological polar surface area (TPSA) is 47.6 Å². The molecule has 0 aromatic heterocycles. The van der Waals surface area contributed by atoms with Crippen LogP contribution in [0.5, 0.6) is 11.5 Å². The number of carbonyl (C=O) groups excluding carboxylic acids is 1. The van der Waals surface area contributed by atoms with E-state index in [0.717, 1.165) is 23.8 Å². The molecule has 23 heavy (non-hydrogen) atoms. The molecule has 0 fully saturated rings. The fraction of sp³-hybridized carbons (Fsp3) is 0.235. The summed E-state index contributed by atoms with van der Waals surface area (Å²) in [6.07, 6.45) is 0.547. The fourth-order valence-corrected chi connectivity index (χ4v) is 2.17. The highest BCUT2D eigenvalue weighted by molar-refractivity contribution is 5.90. The summed E-state index contributed by atoms with van der Waals surface area (Å²) in [6, 6.07) is 8.18. The van der Waals surface area contributed by atoms with E-state index >= 15 is 0 Å². The van der Waals surface area contributed by atoms with Crippen molar-refractivity contribution in [1.82, 2.24) is 0 Å². The highest BCUT2D eigenvalue weighted by atomic mass is 19.1. The van der Waals surface area contributed by atoms with Crippen LogP contribution in [0.3, 0.4) is 0 Å². The Balaban J connectivity index is 2.01. The van der Waals surface area contributed by atoms with Crippen LogP contribution >= 0.6 is 0 Å². The lowest BCUT2D eigenvalue weighted by atomic mass is 10.1. The second kappa shape index (κ2) is 7.58. The van der Waals surface area contributed by atoms with Gasteiger partial charge in [-0.3, -0.25) is 4.79 Å². The highest BCUT2D eigenvalue weighted by Gasteiger charge is 2.10. The van der Waals surface area contributed by atoms with Crippen LogP contribution in [0.2, 0.25) is 0 Å². The maximum Gasteiger partial charge on any atom is 0.224 e. The molecule has 0 atom stereocenters. The van der Waals surface area contributed by atoms with Crippen molar-refractivity contribution in [2.75, 3.05) is 19.5 Å². The van der Waals surface area contributed by atoms with Crippen molar-refractivity contribution in [3.63, 3.8) is 0 Å². The molecule has 0 aliphatic rings. The Kier molecular flexibility index (Phi) is 5.51. The first kappa shape index (κ1) is 16.7. The SMILES string of the molecule is COc1ccc(OC)c(CCC(=O)Nc2cc(F)cc(F)c2)c1. The van der Waals surface area contributed by atoms with Gasteiger partial charge in [0.2, 0.25) is 5.91 Å². The minimum atomic E-state index is -0.741. The molecule has 1 N–H and O–H groups in total. The summed E-state index contributed by atoms with van der Waals surface area (Å²) < 4.78 is 36.6. The molecule has 0 unspecified atom stereocenters. The van der Waals surface area contributed by atoms with Crippen molar-refractivity contribution in [2.45, 2.75) is 12.8 Å². The number of benzene rings is 2. The van der Waals surface area contributed by atoms with Gasteiger partial charge in [0.15, 0.2) is 0 Å². The summed E-state index contributed by atoms with van der Waals surface area (Å²) in [4.78, 5) is 11.9. The molecule has 4 nitrogen and oxygen atoms in total. The molecule has 2 aromatic carbocycles. The monoisotopic (exact) mass is 321 g/mol. The van der Waals surface area contributed by atoms with Gasteiger partial charge >= 0.3 is 0 Å². The molecule has 0 saturated heterocycles. The first-order chi connectivity index (χ1) is 11.0. The minimum absolute atomic E-state index is 0.0881. The molecular weight excluding hydrogens is 304 g/mol. The molecule has 2 aromatic rings. The number of methoxy groups -OCH3 is 2. The second-order valence-corrected chi connectivity index (χ2v) is 4.88. The Bertz CT molecular complexity index is 684. The van der Waals surface area contributed by atoms with Crippen LogP contribution in [0.1, 0.15) is 12.0 Å². The molecule has 1 amide bonds. The zero-order chi connectivity index (χ0) is 16.8. The number of rotatable bonds is 6. The van der Waals surface area contributed by atoms with Gasteiger partial charge in [0, 0.05) is 18.2 Å². The number of anilines is 1. The van der Waals surface area contributed by atoms with E-state index in [1.165, 1.54) is 0 Å². The number of nitrogens with one attached hydrogen (secondary N) is 1. The van der Waals surface area contributed by atoms with Crippen LogP contribution in [0.4, 0.5) is 14.5 Å². The number of hydrogen-bond donors (Lipinski definition) is 1. The van der Waals surface area contributed by atoms with Gasteiger partial charge in [-0.1, -0.05) is 0 Å². The van der Waals surface area contributed by atoms with Crippen LogP contribution in [-0.2, 0) is 11.2 Å². The van der Waals surface area contributed by atoms with E-state index < -0.39 is 11.6 Å². The largest absolute Gasteiger partial charge is 0.497 e. The Morgan fingerprint density at radius 2 is 1.74 bits per heavy atom. The van der Waals surface area contributed by atoms with Gasteiger partial charge in [-0.25, -0.2) is 8.78 Å². The first-order valence-corrected chi connectivity index (χ1v) is 6.98. The molecule has 0 aliphatic heterocycles. The van der Waals surface area contributed by atoms with Crippen molar-refractivity contribution in [3.05, 3.63) is 53.6 Å². The predicted octanol–water partition coefficient (Wildman–Crippen LogP) is 3.55. The van der Waals surface area contributed by atoms with Crippen LogP contribution in [0.25, 0.3) is 0 Å². The zero-order valence-electron chi connectivity index (χ0n) is 12.9. The molecule has 0 spiro atoms. The maximum absolute atomic E-state index is 13.1. The minimum Gasteiger partial charge on any atom is -0.497 e. The number of carbonyl (C=O) groups is 1. The Morgan fingerprint density at radius 1 is 1.04 bits per heavy atom. The first-order valence-electron chi connectivity index (χ1n) is 6.98. The van der Waals surface area contributed by atoms with Crippen LogP contribution < -0.4 is 14.8 Å². The molecule has 6 heteroatoms. The van der Waals surface area contributed by atoms with Gasteiger partial charge in [0.05, 0.1) is 14.2 Å². The third-order valence-corrected chi connectivity index (χ3v) is 3.26. The normalized spacial score (nSPS) is 10.3. The average Bonchev–Trinajstić information content (AvgIpc) is 2.51. The summed E-state index contributed by atoms with van der Waals surface area (Å²) in [5, 5.41) is 2.47. The van der Waals surface area contributed by atoms with Crippen LogP contribution in [0.15, 0.2) is 36.4 Å². The van der Waals surface area contributed by atoms with Crippen LogP contribution in [-0.4, -0.2) is 20.1 Å². The van der Waals surface area contributed by atoms with Gasteiger partial charge < -0.3 is 14.8 Å². The van der Waals surface area contributed by atoms with Gasteiger partial charge in [0.25, 0.3) is 0 Å². The van der Waals surface area contributed by atoms with E-state index in [2.05, 4.69) is 5.32 Å². The zero-order valence-corrected chi connectivity index (χ0v) is 12.9. The molecule has 122 valence electrons. The molecule has 0 bridgehead atoms. The predicted molar refractivity (Wildman–Crippen MR) is 82.9 cm³/mol. The van der Waals surface area contributed by atoms with E-state index in [4.69, 9.17) is 9.47 Å². The average molecular weight is 321 g/mol. The van der Waals surface area contributed by atoms with Crippen molar-refractivity contribution in [3.8, 4) is 11.5 Å². The van der Waals surface area contributed by atoms with Crippen molar-refractivity contribution in [1.29, 1.82) is 0 Å². The third-order valence-electron chi connectivity index (χ3n) is 3.26. The van der Waals surface area contributed by atoms with Crippen molar-refractivity contribution < 1.29 is 23.0 Å². The van der Waals surface area contributed by atoms with Gasteiger partial charge in [-0.2, -0.15) is 0 Å². The van der Waals surface area contributed by atoms with Crippen LogP contribution in [0, 0.1) is 11.6 Å². The third kappa shape index (κ3) is 4.67. The molecule has 2 rings (SSSR count). The summed E-state index contributed by atoms with van der Waals surface area (Å²) >= 11 is 0. The number of aryl methyl sites for hydroxylation is 1. The number of halogens is 2. The Morgan fingerprint density at radius 3 is 2.35 bits per heavy atom.